The van der Waals surface area contributed by atoms with Crippen LogP contribution in [-0.4, -0.2) is 41.7 Å². The molecule has 4 nitrogen and oxygen atoms in total. The number of rotatable bonds is 9. The zero-order chi connectivity index (χ0) is 15.0. The zero-order valence-corrected chi connectivity index (χ0v) is 12.7. The summed E-state index contributed by atoms with van der Waals surface area (Å²) in [5.74, 6) is -0.875. The standard InChI is InChI=1S/C16H26N2O2/c1-4-9-18(5-2)12-13(3)17-11-14-7-6-8-15(10-14)16(19)20/h6-8,10,13,17H,4-5,9,11-12H2,1-3H3,(H,19,20)/t13-/m1/s1. The van der Waals surface area contributed by atoms with Crippen LogP contribution in [0.1, 0.15) is 43.1 Å². The molecule has 0 fully saturated rings. The molecule has 0 radical (unpaired) electrons. The van der Waals surface area contributed by atoms with Crippen LogP contribution in [0.15, 0.2) is 24.3 Å². The summed E-state index contributed by atoms with van der Waals surface area (Å²) in [4.78, 5) is 13.3. The van der Waals surface area contributed by atoms with Gasteiger partial charge in [0.2, 0.25) is 0 Å². The summed E-state index contributed by atoms with van der Waals surface area (Å²) in [6.07, 6.45) is 1.17. The van der Waals surface area contributed by atoms with Gasteiger partial charge < -0.3 is 15.3 Å². The van der Waals surface area contributed by atoms with E-state index >= 15 is 0 Å². The molecule has 0 heterocycles. The van der Waals surface area contributed by atoms with Crippen LogP contribution in [-0.2, 0) is 6.54 Å². The van der Waals surface area contributed by atoms with E-state index in [1.54, 1.807) is 18.2 Å². The largest absolute Gasteiger partial charge is 0.478 e. The Morgan fingerprint density at radius 1 is 1.40 bits per heavy atom. The van der Waals surface area contributed by atoms with Gasteiger partial charge in [-0.3, -0.25) is 0 Å². The Morgan fingerprint density at radius 2 is 2.15 bits per heavy atom. The van der Waals surface area contributed by atoms with Gasteiger partial charge in [-0.25, -0.2) is 4.79 Å². The fraction of sp³-hybridized carbons (Fsp3) is 0.562. The molecule has 2 N–H and O–H groups in total. The van der Waals surface area contributed by atoms with E-state index in [4.69, 9.17) is 5.11 Å². The molecule has 0 spiro atoms. The highest BCUT2D eigenvalue weighted by Crippen LogP contribution is 2.05. The number of nitrogens with one attached hydrogen (secondary N) is 1. The van der Waals surface area contributed by atoms with Crippen molar-refractivity contribution in [1.29, 1.82) is 0 Å². The zero-order valence-electron chi connectivity index (χ0n) is 12.7. The molecule has 20 heavy (non-hydrogen) atoms. The lowest BCUT2D eigenvalue weighted by molar-refractivity contribution is 0.0696. The minimum Gasteiger partial charge on any atom is -0.478 e. The maximum absolute atomic E-state index is 10.9. The van der Waals surface area contributed by atoms with Crippen molar-refractivity contribution in [3.63, 3.8) is 0 Å². The lowest BCUT2D eigenvalue weighted by Gasteiger charge is -2.24. The second-order valence-corrected chi connectivity index (χ2v) is 5.18. The summed E-state index contributed by atoms with van der Waals surface area (Å²) in [6, 6.07) is 7.48. The number of likely N-dealkylation sites (N-methyl/N-ethyl adjacent to an activating group) is 1. The molecule has 4 heteroatoms. The number of carboxylic acid groups (broad SMARTS) is 1. The first kappa shape index (κ1) is 16.7. The highest BCUT2D eigenvalue weighted by Gasteiger charge is 2.08. The first-order valence-corrected chi connectivity index (χ1v) is 7.34. The molecule has 0 aliphatic heterocycles. The topological polar surface area (TPSA) is 52.6 Å². The van der Waals surface area contributed by atoms with Crippen molar-refractivity contribution in [3.8, 4) is 0 Å². The number of hydrogen-bond acceptors (Lipinski definition) is 3. The Bertz CT molecular complexity index is 421. The highest BCUT2D eigenvalue weighted by molar-refractivity contribution is 5.87. The minimum absolute atomic E-state index is 0.345. The minimum atomic E-state index is -0.875. The van der Waals surface area contributed by atoms with Crippen molar-refractivity contribution in [2.75, 3.05) is 19.6 Å². The molecule has 1 aromatic carbocycles. The first-order valence-electron chi connectivity index (χ1n) is 7.34. The number of nitrogens with zero attached hydrogens (tertiary/aromatic N) is 1. The molecule has 1 atom stereocenters. The van der Waals surface area contributed by atoms with Crippen LogP contribution in [0.25, 0.3) is 0 Å². The third kappa shape index (κ3) is 5.72. The number of carboxylic acids is 1. The average molecular weight is 278 g/mol. The highest BCUT2D eigenvalue weighted by atomic mass is 16.4. The van der Waals surface area contributed by atoms with E-state index in [2.05, 4.69) is 31.0 Å². The third-order valence-electron chi connectivity index (χ3n) is 3.35. The van der Waals surface area contributed by atoms with E-state index in [9.17, 15) is 4.79 Å². The lowest BCUT2D eigenvalue weighted by Crippen LogP contribution is -2.39. The van der Waals surface area contributed by atoms with Crippen LogP contribution in [0, 0.1) is 0 Å². The Morgan fingerprint density at radius 3 is 2.75 bits per heavy atom. The van der Waals surface area contributed by atoms with Gasteiger partial charge in [-0.2, -0.15) is 0 Å². The predicted octanol–water partition coefficient (Wildman–Crippen LogP) is 2.59. The molecule has 1 aromatic rings. The van der Waals surface area contributed by atoms with E-state index in [-0.39, 0.29) is 0 Å². The number of carbonyl (C=O) groups is 1. The molecule has 0 bridgehead atoms. The lowest BCUT2D eigenvalue weighted by atomic mass is 10.1. The van der Waals surface area contributed by atoms with Crippen LogP contribution in [0.3, 0.4) is 0 Å². The molecule has 0 saturated heterocycles. The Balaban J connectivity index is 2.46. The molecule has 0 unspecified atom stereocenters. The maximum atomic E-state index is 10.9. The van der Waals surface area contributed by atoms with E-state index in [0.29, 0.717) is 18.2 Å². The fourth-order valence-corrected chi connectivity index (χ4v) is 2.25. The molecule has 0 aliphatic rings. The number of hydrogen-bond donors (Lipinski definition) is 2. The molecular weight excluding hydrogens is 252 g/mol. The monoisotopic (exact) mass is 278 g/mol. The number of aromatic carboxylic acids is 1. The van der Waals surface area contributed by atoms with Gasteiger partial charge in [-0.05, 0) is 44.1 Å². The second kappa shape index (κ2) is 8.72. The summed E-state index contributed by atoms with van der Waals surface area (Å²) in [7, 11) is 0. The molecule has 0 aliphatic carbocycles. The van der Waals surface area contributed by atoms with Gasteiger partial charge in [0.25, 0.3) is 0 Å². The second-order valence-electron chi connectivity index (χ2n) is 5.18. The molecule has 112 valence electrons. The van der Waals surface area contributed by atoms with Crippen LogP contribution >= 0.6 is 0 Å². The SMILES string of the molecule is CCCN(CC)C[C@@H](C)NCc1cccc(C(=O)O)c1. The molecule has 0 aromatic heterocycles. The Labute approximate surface area is 121 Å². The summed E-state index contributed by atoms with van der Waals surface area (Å²) in [6.45, 7) is 10.4. The Kier molecular flexibility index (Phi) is 7.26. The smallest absolute Gasteiger partial charge is 0.335 e. The molecule has 0 saturated carbocycles. The van der Waals surface area contributed by atoms with E-state index < -0.39 is 5.97 Å². The maximum Gasteiger partial charge on any atom is 0.335 e. The van der Waals surface area contributed by atoms with Gasteiger partial charge in [-0.15, -0.1) is 0 Å². The summed E-state index contributed by atoms with van der Waals surface area (Å²) < 4.78 is 0. The van der Waals surface area contributed by atoms with Gasteiger partial charge >= 0.3 is 5.97 Å². The van der Waals surface area contributed by atoms with Gasteiger partial charge in [0.05, 0.1) is 5.56 Å². The van der Waals surface area contributed by atoms with Crippen LogP contribution in [0.5, 0.6) is 0 Å². The quantitative estimate of drug-likeness (QED) is 0.729. The van der Waals surface area contributed by atoms with Gasteiger partial charge in [0, 0.05) is 19.1 Å². The van der Waals surface area contributed by atoms with Crippen molar-refractivity contribution in [3.05, 3.63) is 35.4 Å². The summed E-state index contributed by atoms with van der Waals surface area (Å²) in [5.41, 5.74) is 1.36. The molecule has 0 amide bonds. The van der Waals surface area contributed by atoms with Crippen LogP contribution < -0.4 is 5.32 Å². The van der Waals surface area contributed by atoms with Crippen molar-refractivity contribution in [2.24, 2.45) is 0 Å². The molecular formula is C16H26N2O2. The van der Waals surface area contributed by atoms with Crippen LogP contribution in [0.4, 0.5) is 0 Å². The molecule has 1 rings (SSSR count). The normalized spacial score (nSPS) is 12.6. The van der Waals surface area contributed by atoms with E-state index in [0.717, 1.165) is 25.2 Å². The van der Waals surface area contributed by atoms with Gasteiger partial charge in [0.15, 0.2) is 0 Å². The first-order chi connectivity index (χ1) is 9.56. The van der Waals surface area contributed by atoms with Gasteiger partial charge in [0.1, 0.15) is 0 Å². The number of benzene rings is 1. The van der Waals surface area contributed by atoms with Crippen LogP contribution in [0.2, 0.25) is 0 Å². The van der Waals surface area contributed by atoms with E-state index in [1.807, 2.05) is 6.07 Å². The van der Waals surface area contributed by atoms with Crippen molar-refractivity contribution < 1.29 is 9.90 Å². The van der Waals surface area contributed by atoms with Gasteiger partial charge in [-0.1, -0.05) is 26.0 Å². The van der Waals surface area contributed by atoms with Crippen molar-refractivity contribution in [2.45, 2.75) is 39.8 Å². The average Bonchev–Trinajstić information content (AvgIpc) is 2.45. The summed E-state index contributed by atoms with van der Waals surface area (Å²) >= 11 is 0. The van der Waals surface area contributed by atoms with Crippen molar-refractivity contribution >= 4 is 5.97 Å². The third-order valence-corrected chi connectivity index (χ3v) is 3.35. The van der Waals surface area contributed by atoms with Crippen molar-refractivity contribution in [1.82, 2.24) is 10.2 Å². The summed E-state index contributed by atoms with van der Waals surface area (Å²) in [5, 5.41) is 12.4. The van der Waals surface area contributed by atoms with E-state index in [1.165, 1.54) is 6.42 Å². The Hall–Kier alpha value is -1.39. The fourth-order valence-electron chi connectivity index (χ4n) is 2.25. The predicted molar refractivity (Wildman–Crippen MR) is 82.1 cm³/mol.